The molecule has 0 aliphatic carbocycles. The van der Waals surface area contributed by atoms with Crippen LogP contribution in [0.15, 0.2) is 42.5 Å². The summed E-state index contributed by atoms with van der Waals surface area (Å²) in [6, 6.07) is 8.33. The van der Waals surface area contributed by atoms with Gasteiger partial charge in [0.2, 0.25) is 17.5 Å². The third kappa shape index (κ3) is 4.31. The van der Waals surface area contributed by atoms with Crippen LogP contribution in [0, 0.1) is 11.7 Å². The van der Waals surface area contributed by atoms with E-state index in [2.05, 4.69) is 0 Å². The smallest absolute Gasteiger partial charge is 0.426 e. The van der Waals surface area contributed by atoms with Crippen LogP contribution in [-0.2, 0) is 27.1 Å². The second kappa shape index (κ2) is 9.24. The monoisotopic (exact) mass is 539 g/mol. The van der Waals surface area contributed by atoms with Gasteiger partial charge in [0.25, 0.3) is 0 Å². The number of ether oxygens (including phenoxy) is 1. The first kappa shape index (κ1) is 22.8. The molecule has 3 aliphatic heterocycles. The summed E-state index contributed by atoms with van der Waals surface area (Å²) in [5.41, 5.74) is -3.63. The summed E-state index contributed by atoms with van der Waals surface area (Å²) in [5.74, 6) is -1.79. The Balaban J connectivity index is 1.49. The van der Waals surface area contributed by atoms with Crippen molar-refractivity contribution in [3.63, 3.8) is 0 Å². The van der Waals surface area contributed by atoms with Crippen LogP contribution in [-0.4, -0.2) is 60.5 Å². The van der Waals surface area contributed by atoms with E-state index in [0.717, 1.165) is 17.7 Å². The van der Waals surface area contributed by atoms with Crippen LogP contribution >= 0.6 is 0 Å². The molecule has 2 saturated heterocycles. The number of likely N-dealkylation sites (N-methyl/N-ethyl adjacent to an activating group) is 1. The van der Waals surface area contributed by atoms with Gasteiger partial charge in [-0.1, -0.05) is 24.3 Å². The predicted molar refractivity (Wildman–Crippen MR) is 129 cm³/mol. The number of rotatable bonds is 4. The Bertz CT molecular complexity index is 1350. The lowest BCUT2D eigenvalue weighted by Gasteiger charge is -2.51. The number of alkyl halides is 4. The Morgan fingerprint density at radius 2 is 1.92 bits per heavy atom. The maximum absolute atomic E-state index is 14.8. The molecule has 0 N–H and O–H groups in total. The van der Waals surface area contributed by atoms with E-state index in [9.17, 15) is 31.5 Å². The third-order valence-electron chi connectivity index (χ3n) is 8.32. The van der Waals surface area contributed by atoms with Crippen LogP contribution < -0.4 is 4.74 Å². The SMILES string of the molecule is [2H]C([2H])([2H])N1C(=O)CC[C@H]1C(=O)N1CCC2(Cc3ccc(F)cc3)c3ccc(C(C)(F)C(F)(F)F)cc3OCC2C1. The minimum Gasteiger partial charge on any atom is -0.493 e. The lowest BCUT2D eigenvalue weighted by molar-refractivity contribution is -0.228. The highest BCUT2D eigenvalue weighted by Crippen LogP contribution is 2.51. The van der Waals surface area contributed by atoms with Crippen LogP contribution in [0.3, 0.4) is 0 Å². The van der Waals surface area contributed by atoms with Gasteiger partial charge in [0, 0.05) is 53.1 Å². The van der Waals surface area contributed by atoms with Crippen molar-refractivity contribution < 1.29 is 40.4 Å². The number of piperidine rings is 1. The molecule has 3 unspecified atom stereocenters. The number of hydrogen-bond acceptors (Lipinski definition) is 3. The second-order valence-electron chi connectivity index (χ2n) is 10.5. The molecule has 2 fully saturated rings. The first-order valence-corrected chi connectivity index (χ1v) is 12.4. The number of likely N-dealkylation sites (tertiary alicyclic amines) is 2. The predicted octanol–water partition coefficient (Wildman–Crippen LogP) is 4.91. The number of carbonyl (C=O) groups is 2. The molecule has 204 valence electrons. The summed E-state index contributed by atoms with van der Waals surface area (Å²) >= 11 is 0. The molecule has 2 aromatic rings. The Morgan fingerprint density at radius 1 is 1.18 bits per heavy atom. The van der Waals surface area contributed by atoms with Crippen LogP contribution in [0.4, 0.5) is 22.0 Å². The first-order chi connectivity index (χ1) is 19.0. The molecule has 38 heavy (non-hydrogen) atoms. The Morgan fingerprint density at radius 3 is 2.61 bits per heavy atom. The number of halogens is 5. The highest BCUT2D eigenvalue weighted by molar-refractivity contribution is 5.90. The molecule has 5 rings (SSSR count). The molecule has 3 aliphatic rings. The molecule has 0 spiro atoms. The molecule has 3 heterocycles. The van der Waals surface area contributed by atoms with Gasteiger partial charge in [0.1, 0.15) is 17.6 Å². The molecular weight excluding hydrogens is 507 g/mol. The van der Waals surface area contributed by atoms with Gasteiger partial charge in [-0.15, -0.1) is 0 Å². The minimum atomic E-state index is -5.14. The van der Waals surface area contributed by atoms with Crippen LogP contribution in [0.5, 0.6) is 5.75 Å². The van der Waals surface area contributed by atoms with E-state index in [-0.39, 0.29) is 44.2 Å². The van der Waals surface area contributed by atoms with Crippen molar-refractivity contribution >= 4 is 11.8 Å². The van der Waals surface area contributed by atoms with Crippen LogP contribution in [0.1, 0.15) is 47.0 Å². The van der Waals surface area contributed by atoms with Gasteiger partial charge in [-0.05, 0) is 49.9 Å². The first-order valence-electron chi connectivity index (χ1n) is 13.9. The van der Waals surface area contributed by atoms with Gasteiger partial charge in [-0.2, -0.15) is 13.2 Å². The van der Waals surface area contributed by atoms with Gasteiger partial charge >= 0.3 is 6.18 Å². The zero-order chi connectivity index (χ0) is 30.0. The Kier molecular flexibility index (Phi) is 5.54. The van der Waals surface area contributed by atoms with Crippen molar-refractivity contribution in [1.82, 2.24) is 9.80 Å². The van der Waals surface area contributed by atoms with E-state index < -0.39 is 53.5 Å². The van der Waals surface area contributed by atoms with Gasteiger partial charge in [0.05, 0.1) is 6.61 Å². The summed E-state index contributed by atoms with van der Waals surface area (Å²) in [6.07, 6.45) is -4.42. The van der Waals surface area contributed by atoms with E-state index in [1.54, 1.807) is 12.1 Å². The molecule has 0 radical (unpaired) electrons. The molecular formula is C28H29F5N2O3. The van der Waals surface area contributed by atoms with E-state index >= 15 is 0 Å². The van der Waals surface area contributed by atoms with E-state index in [4.69, 9.17) is 8.85 Å². The second-order valence-corrected chi connectivity index (χ2v) is 10.5. The highest BCUT2D eigenvalue weighted by Gasteiger charge is 2.55. The average Bonchev–Trinajstić information content (AvgIpc) is 3.30. The normalized spacial score (nSPS) is 28.4. The number of carbonyl (C=O) groups excluding carboxylic acids is 2. The van der Waals surface area contributed by atoms with Gasteiger partial charge in [-0.3, -0.25) is 9.59 Å². The average molecular weight is 540 g/mol. The summed E-state index contributed by atoms with van der Waals surface area (Å²) in [6.45, 7) is -1.98. The molecule has 0 bridgehead atoms. The number of fused-ring (bicyclic) bond motifs is 3. The van der Waals surface area contributed by atoms with Crippen molar-refractivity contribution in [2.75, 3.05) is 26.7 Å². The summed E-state index contributed by atoms with van der Waals surface area (Å²) in [4.78, 5) is 28.0. The summed E-state index contributed by atoms with van der Waals surface area (Å²) in [5, 5.41) is 0. The number of nitrogens with zero attached hydrogens (tertiary/aromatic N) is 2. The van der Waals surface area contributed by atoms with Crippen molar-refractivity contribution in [2.45, 2.75) is 55.9 Å². The number of benzene rings is 2. The van der Waals surface area contributed by atoms with Crippen molar-refractivity contribution in [3.05, 3.63) is 65.0 Å². The van der Waals surface area contributed by atoms with E-state index in [1.165, 1.54) is 23.1 Å². The van der Waals surface area contributed by atoms with E-state index in [1.807, 2.05) is 0 Å². The van der Waals surface area contributed by atoms with Gasteiger partial charge in [0.15, 0.2) is 0 Å². The fourth-order valence-electron chi connectivity index (χ4n) is 5.96. The lowest BCUT2D eigenvalue weighted by atomic mass is 9.61. The number of hydrogen-bond donors (Lipinski definition) is 0. The van der Waals surface area contributed by atoms with Gasteiger partial charge in [-0.25, -0.2) is 8.78 Å². The molecule has 0 aromatic heterocycles. The standard InChI is InChI=1S/C28H29F5N2O3/c1-26(30,28(31,32)33)18-5-8-21-23(13-18)38-16-19-15-35(25(37)22-9-10-24(36)34(22)2)12-11-27(19,21)14-17-3-6-20(29)7-4-17/h3-8,13,19,22H,9-12,14-16H2,1-2H3/t19?,22-,26?,27?/m0/s1/i2D3. The highest BCUT2D eigenvalue weighted by atomic mass is 19.4. The maximum Gasteiger partial charge on any atom is 0.426 e. The van der Waals surface area contributed by atoms with Crippen molar-refractivity contribution in [3.8, 4) is 5.75 Å². The maximum atomic E-state index is 14.8. The van der Waals surface area contributed by atoms with Crippen LogP contribution in [0.25, 0.3) is 0 Å². The fourth-order valence-corrected chi connectivity index (χ4v) is 5.96. The summed E-state index contributed by atoms with van der Waals surface area (Å²) in [7, 11) is 0. The number of amides is 2. The molecule has 4 atom stereocenters. The van der Waals surface area contributed by atoms with Crippen molar-refractivity contribution in [1.29, 1.82) is 0 Å². The zero-order valence-corrected chi connectivity index (χ0v) is 20.7. The third-order valence-corrected chi connectivity index (χ3v) is 8.32. The quantitative estimate of drug-likeness (QED) is 0.519. The zero-order valence-electron chi connectivity index (χ0n) is 23.7. The molecule has 2 aromatic carbocycles. The van der Waals surface area contributed by atoms with Gasteiger partial charge < -0.3 is 14.5 Å². The molecule has 5 nitrogen and oxygen atoms in total. The molecule has 10 heteroatoms. The Hall–Kier alpha value is -3.17. The largest absolute Gasteiger partial charge is 0.493 e. The van der Waals surface area contributed by atoms with Crippen LogP contribution in [0.2, 0.25) is 0 Å². The van der Waals surface area contributed by atoms with E-state index in [0.29, 0.717) is 30.2 Å². The minimum absolute atomic E-state index is 0.00300. The molecule has 2 amide bonds. The Labute approximate surface area is 221 Å². The fraction of sp³-hybridized carbons (Fsp3) is 0.500. The topological polar surface area (TPSA) is 49.9 Å². The summed E-state index contributed by atoms with van der Waals surface area (Å²) < 4.78 is 97.8. The molecule has 0 saturated carbocycles. The van der Waals surface area contributed by atoms with Crippen molar-refractivity contribution in [2.24, 2.45) is 5.92 Å². The lowest BCUT2D eigenvalue weighted by Crippen LogP contribution is -2.58.